The third-order valence-electron chi connectivity index (χ3n) is 5.28. The van der Waals surface area contributed by atoms with Crippen molar-refractivity contribution in [2.75, 3.05) is 26.3 Å². The van der Waals surface area contributed by atoms with Crippen LogP contribution in [0.2, 0.25) is 10.0 Å². The molecule has 2 saturated carbocycles. The quantitative estimate of drug-likeness (QED) is 0.898. The van der Waals surface area contributed by atoms with Gasteiger partial charge in [0.05, 0.1) is 16.7 Å². The minimum Gasteiger partial charge on any atom is -0.380 e. The molecule has 20 heavy (non-hydrogen) atoms. The molecule has 1 aliphatic heterocycles. The number of fused-ring (bicyclic) bond motifs is 1. The van der Waals surface area contributed by atoms with Gasteiger partial charge in [-0.1, -0.05) is 29.3 Å². The van der Waals surface area contributed by atoms with Crippen molar-refractivity contribution in [3.63, 3.8) is 0 Å². The average Bonchev–Trinajstić information content (AvgIpc) is 3.31. The minimum absolute atomic E-state index is 0.175. The molecule has 4 heteroatoms. The molecule has 3 atom stereocenters. The van der Waals surface area contributed by atoms with Gasteiger partial charge in [0.15, 0.2) is 0 Å². The maximum Gasteiger partial charge on any atom is 0.0595 e. The molecule has 3 fully saturated rings. The first kappa shape index (κ1) is 13.4. The molecule has 3 aliphatic rings. The van der Waals surface area contributed by atoms with Crippen molar-refractivity contribution < 1.29 is 4.74 Å². The van der Waals surface area contributed by atoms with Crippen LogP contribution in [0.4, 0.5) is 0 Å². The van der Waals surface area contributed by atoms with E-state index < -0.39 is 0 Å². The van der Waals surface area contributed by atoms with Crippen molar-refractivity contribution in [3.05, 3.63) is 33.8 Å². The second kappa shape index (κ2) is 4.88. The van der Waals surface area contributed by atoms with Gasteiger partial charge in [0, 0.05) is 12.0 Å². The molecular formula is C16H19Cl2NO. The molecule has 2 nitrogen and oxygen atoms in total. The fourth-order valence-electron chi connectivity index (χ4n) is 3.84. The van der Waals surface area contributed by atoms with Crippen molar-refractivity contribution in [2.24, 2.45) is 17.8 Å². The van der Waals surface area contributed by atoms with E-state index in [1.165, 1.54) is 18.4 Å². The zero-order valence-electron chi connectivity index (χ0n) is 11.4. The highest BCUT2D eigenvalue weighted by Crippen LogP contribution is 2.62. The zero-order valence-corrected chi connectivity index (χ0v) is 12.9. The highest BCUT2D eigenvalue weighted by molar-refractivity contribution is 6.42. The third kappa shape index (κ3) is 2.09. The second-order valence-electron chi connectivity index (χ2n) is 6.50. The van der Waals surface area contributed by atoms with Crippen LogP contribution >= 0.6 is 23.2 Å². The SMILES string of the molecule is Clc1ccc([C@@]2(COCC3CC3)[C@@H]3CNC[C@@H]32)cc1Cl. The topological polar surface area (TPSA) is 21.3 Å². The van der Waals surface area contributed by atoms with Gasteiger partial charge in [-0.3, -0.25) is 0 Å². The van der Waals surface area contributed by atoms with Crippen molar-refractivity contribution in [2.45, 2.75) is 18.3 Å². The Labute approximate surface area is 129 Å². The van der Waals surface area contributed by atoms with Gasteiger partial charge in [-0.2, -0.15) is 0 Å². The number of benzene rings is 1. The number of halogens is 2. The summed E-state index contributed by atoms with van der Waals surface area (Å²) in [4.78, 5) is 0. The van der Waals surface area contributed by atoms with Gasteiger partial charge < -0.3 is 10.1 Å². The van der Waals surface area contributed by atoms with Crippen LogP contribution < -0.4 is 5.32 Å². The van der Waals surface area contributed by atoms with Gasteiger partial charge in [0.2, 0.25) is 0 Å². The van der Waals surface area contributed by atoms with Crippen molar-refractivity contribution in [1.82, 2.24) is 5.32 Å². The van der Waals surface area contributed by atoms with Crippen LogP contribution in [0.1, 0.15) is 18.4 Å². The zero-order chi connectivity index (χ0) is 13.7. The molecule has 2 aliphatic carbocycles. The van der Waals surface area contributed by atoms with Crippen LogP contribution in [-0.4, -0.2) is 26.3 Å². The predicted octanol–water partition coefficient (Wildman–Crippen LogP) is 3.51. The summed E-state index contributed by atoms with van der Waals surface area (Å²) >= 11 is 12.3. The standard InChI is InChI=1S/C16H19Cl2NO/c17-14-4-3-11(5-15(14)18)16(9-20-8-10-1-2-10)12-6-19-7-13(12)16/h3-5,10,12-13,19H,1-2,6-9H2/t12-,13+,16+. The van der Waals surface area contributed by atoms with Gasteiger partial charge in [0.25, 0.3) is 0 Å². The molecule has 4 rings (SSSR count). The number of hydrogen-bond acceptors (Lipinski definition) is 2. The summed E-state index contributed by atoms with van der Waals surface area (Å²) in [6.45, 7) is 3.95. The Morgan fingerprint density at radius 2 is 1.90 bits per heavy atom. The maximum atomic E-state index is 6.21. The highest BCUT2D eigenvalue weighted by atomic mass is 35.5. The molecule has 1 aromatic carbocycles. The Balaban J connectivity index is 1.56. The Bertz CT molecular complexity index is 519. The van der Waals surface area contributed by atoms with Gasteiger partial charge in [-0.25, -0.2) is 0 Å². The molecule has 0 spiro atoms. The predicted molar refractivity (Wildman–Crippen MR) is 81.5 cm³/mol. The van der Waals surface area contributed by atoms with E-state index in [4.69, 9.17) is 27.9 Å². The van der Waals surface area contributed by atoms with E-state index in [1.54, 1.807) is 0 Å². The van der Waals surface area contributed by atoms with E-state index in [0.717, 1.165) is 32.2 Å². The summed E-state index contributed by atoms with van der Waals surface area (Å²) in [7, 11) is 0. The van der Waals surface area contributed by atoms with E-state index in [2.05, 4.69) is 11.4 Å². The Morgan fingerprint density at radius 1 is 1.15 bits per heavy atom. The summed E-state index contributed by atoms with van der Waals surface area (Å²) < 4.78 is 6.04. The number of nitrogens with one attached hydrogen (secondary N) is 1. The van der Waals surface area contributed by atoms with Crippen LogP contribution in [0.5, 0.6) is 0 Å². The average molecular weight is 312 g/mol. The molecule has 0 bridgehead atoms. The number of piperidine rings is 1. The van der Waals surface area contributed by atoms with Gasteiger partial charge in [0.1, 0.15) is 0 Å². The largest absolute Gasteiger partial charge is 0.380 e. The fraction of sp³-hybridized carbons (Fsp3) is 0.625. The second-order valence-corrected chi connectivity index (χ2v) is 7.31. The maximum absolute atomic E-state index is 6.21. The van der Waals surface area contributed by atoms with Crippen molar-refractivity contribution in [1.29, 1.82) is 0 Å². The number of hydrogen-bond donors (Lipinski definition) is 1. The molecular weight excluding hydrogens is 293 g/mol. The number of ether oxygens (including phenoxy) is 1. The van der Waals surface area contributed by atoms with E-state index in [-0.39, 0.29) is 5.41 Å². The Kier molecular flexibility index (Phi) is 3.26. The van der Waals surface area contributed by atoms with E-state index in [1.807, 2.05) is 12.1 Å². The lowest BCUT2D eigenvalue weighted by atomic mass is 9.91. The molecule has 0 amide bonds. The van der Waals surface area contributed by atoms with Crippen LogP contribution in [-0.2, 0) is 10.2 Å². The monoisotopic (exact) mass is 311 g/mol. The van der Waals surface area contributed by atoms with Crippen molar-refractivity contribution in [3.8, 4) is 0 Å². The molecule has 0 aromatic heterocycles. The van der Waals surface area contributed by atoms with Gasteiger partial charge in [-0.05, 0) is 61.4 Å². The molecule has 0 radical (unpaired) electrons. The van der Waals surface area contributed by atoms with Crippen LogP contribution in [0.15, 0.2) is 18.2 Å². The Hall–Kier alpha value is -0.280. The third-order valence-corrected chi connectivity index (χ3v) is 6.02. The summed E-state index contributed by atoms with van der Waals surface area (Å²) in [6, 6.07) is 6.10. The lowest BCUT2D eigenvalue weighted by Crippen LogP contribution is -2.30. The Morgan fingerprint density at radius 3 is 2.55 bits per heavy atom. The summed E-state index contributed by atoms with van der Waals surface area (Å²) in [6.07, 6.45) is 2.68. The number of rotatable bonds is 5. The van der Waals surface area contributed by atoms with E-state index in [0.29, 0.717) is 21.9 Å². The van der Waals surface area contributed by atoms with E-state index >= 15 is 0 Å². The summed E-state index contributed by atoms with van der Waals surface area (Å²) in [5, 5.41) is 4.76. The van der Waals surface area contributed by atoms with Crippen LogP contribution in [0.25, 0.3) is 0 Å². The summed E-state index contributed by atoms with van der Waals surface area (Å²) in [5.41, 5.74) is 1.48. The molecule has 1 N–H and O–H groups in total. The summed E-state index contributed by atoms with van der Waals surface area (Å²) in [5.74, 6) is 2.20. The van der Waals surface area contributed by atoms with Gasteiger partial charge >= 0.3 is 0 Å². The fourth-order valence-corrected chi connectivity index (χ4v) is 4.14. The molecule has 0 unspecified atom stereocenters. The first-order valence-corrected chi connectivity index (χ1v) is 8.21. The normalized spacial score (nSPS) is 35.1. The first-order valence-electron chi connectivity index (χ1n) is 7.46. The lowest BCUT2D eigenvalue weighted by molar-refractivity contribution is 0.0949. The highest BCUT2D eigenvalue weighted by Gasteiger charge is 2.67. The smallest absolute Gasteiger partial charge is 0.0595 e. The molecule has 1 saturated heterocycles. The molecule has 108 valence electrons. The molecule has 1 heterocycles. The minimum atomic E-state index is 0.175. The molecule has 1 aromatic rings. The van der Waals surface area contributed by atoms with Gasteiger partial charge in [-0.15, -0.1) is 0 Å². The van der Waals surface area contributed by atoms with Crippen LogP contribution in [0, 0.1) is 17.8 Å². The first-order chi connectivity index (χ1) is 9.72. The van der Waals surface area contributed by atoms with Crippen LogP contribution in [0.3, 0.4) is 0 Å². The van der Waals surface area contributed by atoms with Crippen molar-refractivity contribution >= 4 is 23.2 Å². The van der Waals surface area contributed by atoms with E-state index in [9.17, 15) is 0 Å². The lowest BCUT2D eigenvalue weighted by Gasteiger charge is -2.22.